The maximum atomic E-state index is 13.0. The SMILES string of the molecule is N=C1NC(=O)C(=C2C(=O)N(Cc3ccccc3)c3ccccc32)S1. The predicted octanol–water partition coefficient (Wildman–Crippen LogP) is 2.74. The number of rotatable bonds is 2. The number of amidine groups is 1. The van der Waals surface area contributed by atoms with Crippen LogP contribution in [0, 0.1) is 5.41 Å². The van der Waals surface area contributed by atoms with E-state index in [4.69, 9.17) is 5.41 Å². The number of anilines is 1. The molecule has 2 amide bonds. The zero-order valence-corrected chi connectivity index (χ0v) is 13.4. The molecular formula is C18H13N3O2S. The molecule has 1 fully saturated rings. The van der Waals surface area contributed by atoms with Crippen LogP contribution in [-0.4, -0.2) is 17.0 Å². The second kappa shape index (κ2) is 5.65. The highest BCUT2D eigenvalue weighted by Crippen LogP contribution is 2.42. The number of thioether (sulfide) groups is 1. The van der Waals surface area contributed by atoms with Crippen molar-refractivity contribution in [2.24, 2.45) is 0 Å². The number of para-hydroxylation sites is 1. The summed E-state index contributed by atoms with van der Waals surface area (Å²) in [6, 6.07) is 17.2. The topological polar surface area (TPSA) is 73.3 Å². The number of fused-ring (bicyclic) bond motifs is 1. The average molecular weight is 335 g/mol. The van der Waals surface area contributed by atoms with E-state index in [0.717, 1.165) is 28.6 Å². The Kier molecular flexibility index (Phi) is 3.46. The van der Waals surface area contributed by atoms with Crippen molar-refractivity contribution in [3.05, 3.63) is 70.6 Å². The van der Waals surface area contributed by atoms with Crippen molar-refractivity contribution in [3.63, 3.8) is 0 Å². The largest absolute Gasteiger partial charge is 0.303 e. The summed E-state index contributed by atoms with van der Waals surface area (Å²) in [5, 5.41) is 10.1. The van der Waals surface area contributed by atoms with Crippen molar-refractivity contribution in [3.8, 4) is 0 Å². The first kappa shape index (κ1) is 14.7. The molecule has 118 valence electrons. The maximum Gasteiger partial charge on any atom is 0.264 e. The van der Waals surface area contributed by atoms with E-state index in [1.165, 1.54) is 0 Å². The monoisotopic (exact) mass is 335 g/mol. The van der Waals surface area contributed by atoms with E-state index in [1.54, 1.807) is 4.90 Å². The molecule has 6 heteroatoms. The Labute approximate surface area is 142 Å². The van der Waals surface area contributed by atoms with Crippen LogP contribution < -0.4 is 10.2 Å². The van der Waals surface area contributed by atoms with Gasteiger partial charge in [0.05, 0.1) is 22.7 Å². The van der Waals surface area contributed by atoms with Gasteiger partial charge in [0.1, 0.15) is 0 Å². The van der Waals surface area contributed by atoms with Crippen molar-refractivity contribution >= 4 is 40.0 Å². The Hall–Kier alpha value is -2.86. The standard InChI is InChI=1S/C18H13N3O2S/c19-18-20-16(22)15(24-18)14-12-8-4-5-9-13(12)21(17(14)23)10-11-6-2-1-3-7-11/h1-9H,10H2,(H2,19,20,22). The van der Waals surface area contributed by atoms with E-state index in [0.29, 0.717) is 17.0 Å². The van der Waals surface area contributed by atoms with Gasteiger partial charge in [-0.25, -0.2) is 0 Å². The Morgan fingerprint density at radius 2 is 1.71 bits per heavy atom. The fraction of sp³-hybridized carbons (Fsp3) is 0.0556. The maximum absolute atomic E-state index is 13.0. The van der Waals surface area contributed by atoms with Crippen LogP contribution in [0.15, 0.2) is 59.5 Å². The van der Waals surface area contributed by atoms with Gasteiger partial charge in [-0.1, -0.05) is 48.5 Å². The van der Waals surface area contributed by atoms with Gasteiger partial charge in [-0.3, -0.25) is 15.0 Å². The molecule has 1 saturated heterocycles. The van der Waals surface area contributed by atoms with E-state index in [1.807, 2.05) is 54.6 Å². The van der Waals surface area contributed by atoms with Gasteiger partial charge in [-0.05, 0) is 23.4 Å². The molecule has 0 radical (unpaired) electrons. The van der Waals surface area contributed by atoms with Crippen LogP contribution in [0.2, 0.25) is 0 Å². The van der Waals surface area contributed by atoms with Gasteiger partial charge >= 0.3 is 0 Å². The number of carbonyl (C=O) groups is 2. The summed E-state index contributed by atoms with van der Waals surface area (Å²) in [6.07, 6.45) is 0. The molecule has 0 atom stereocenters. The predicted molar refractivity (Wildman–Crippen MR) is 94.5 cm³/mol. The molecule has 4 rings (SSSR count). The molecule has 0 bridgehead atoms. The lowest BCUT2D eigenvalue weighted by Gasteiger charge is -2.17. The summed E-state index contributed by atoms with van der Waals surface area (Å²) in [7, 11) is 0. The molecule has 0 saturated carbocycles. The lowest BCUT2D eigenvalue weighted by Crippen LogP contribution is -2.26. The normalized spacial score (nSPS) is 19.7. The number of carbonyl (C=O) groups excluding carboxylic acids is 2. The summed E-state index contributed by atoms with van der Waals surface area (Å²) in [5.41, 5.74) is 2.93. The van der Waals surface area contributed by atoms with Crippen LogP contribution in [0.1, 0.15) is 11.1 Å². The third kappa shape index (κ3) is 2.32. The minimum atomic E-state index is -0.385. The van der Waals surface area contributed by atoms with Crippen molar-refractivity contribution in [2.45, 2.75) is 6.54 Å². The smallest absolute Gasteiger partial charge is 0.264 e. The van der Waals surface area contributed by atoms with Crippen molar-refractivity contribution in [1.29, 1.82) is 5.41 Å². The summed E-state index contributed by atoms with van der Waals surface area (Å²) in [6.45, 7) is 0.442. The van der Waals surface area contributed by atoms with Crippen LogP contribution in [0.4, 0.5) is 5.69 Å². The molecule has 5 nitrogen and oxygen atoms in total. The quantitative estimate of drug-likeness (QED) is 0.829. The van der Waals surface area contributed by atoms with E-state index in [-0.39, 0.29) is 17.0 Å². The van der Waals surface area contributed by atoms with Gasteiger partial charge in [-0.2, -0.15) is 0 Å². The van der Waals surface area contributed by atoms with Gasteiger partial charge in [0.25, 0.3) is 11.8 Å². The first-order chi connectivity index (χ1) is 11.6. The minimum Gasteiger partial charge on any atom is -0.303 e. The Bertz CT molecular complexity index is 905. The van der Waals surface area contributed by atoms with E-state index in [9.17, 15) is 9.59 Å². The molecule has 0 spiro atoms. The van der Waals surface area contributed by atoms with Gasteiger partial charge in [0.2, 0.25) is 0 Å². The van der Waals surface area contributed by atoms with Crippen molar-refractivity contribution in [1.82, 2.24) is 5.32 Å². The molecule has 0 unspecified atom stereocenters. The molecule has 2 N–H and O–H groups in total. The summed E-state index contributed by atoms with van der Waals surface area (Å²) in [5.74, 6) is -0.586. The van der Waals surface area contributed by atoms with Crippen LogP contribution in [-0.2, 0) is 16.1 Å². The molecule has 2 aromatic carbocycles. The van der Waals surface area contributed by atoms with E-state index < -0.39 is 0 Å². The van der Waals surface area contributed by atoms with Gasteiger partial charge in [-0.15, -0.1) is 0 Å². The van der Waals surface area contributed by atoms with Crippen molar-refractivity contribution < 1.29 is 9.59 Å². The average Bonchev–Trinajstić information content (AvgIpc) is 3.05. The highest BCUT2D eigenvalue weighted by atomic mass is 32.2. The summed E-state index contributed by atoms with van der Waals surface area (Å²) >= 11 is 1.00. The zero-order chi connectivity index (χ0) is 16.7. The van der Waals surface area contributed by atoms with E-state index in [2.05, 4.69) is 5.32 Å². The molecule has 0 aromatic heterocycles. The highest BCUT2D eigenvalue weighted by Gasteiger charge is 2.38. The molecule has 2 aromatic rings. The third-order valence-corrected chi connectivity index (χ3v) is 4.87. The van der Waals surface area contributed by atoms with Gasteiger partial charge < -0.3 is 10.2 Å². The van der Waals surface area contributed by atoms with Crippen LogP contribution in [0.5, 0.6) is 0 Å². The Morgan fingerprint density at radius 3 is 2.42 bits per heavy atom. The molecule has 24 heavy (non-hydrogen) atoms. The molecule has 2 aliphatic heterocycles. The van der Waals surface area contributed by atoms with E-state index >= 15 is 0 Å². The molecule has 0 aliphatic carbocycles. The fourth-order valence-corrected chi connectivity index (χ4v) is 3.71. The number of amides is 2. The lowest BCUT2D eigenvalue weighted by molar-refractivity contribution is -0.116. The molecular weight excluding hydrogens is 322 g/mol. The fourth-order valence-electron chi connectivity index (χ4n) is 2.92. The molecule has 2 aliphatic rings. The van der Waals surface area contributed by atoms with Gasteiger partial charge in [0, 0.05) is 5.56 Å². The number of nitrogens with zero attached hydrogens (tertiary/aromatic N) is 1. The van der Waals surface area contributed by atoms with Gasteiger partial charge in [0.15, 0.2) is 5.17 Å². The number of benzene rings is 2. The summed E-state index contributed by atoms with van der Waals surface area (Å²) < 4.78 is 0. The Morgan fingerprint density at radius 1 is 1.00 bits per heavy atom. The van der Waals surface area contributed by atoms with Crippen molar-refractivity contribution in [2.75, 3.05) is 4.90 Å². The third-order valence-electron chi connectivity index (χ3n) is 3.97. The lowest BCUT2D eigenvalue weighted by atomic mass is 10.1. The first-order valence-electron chi connectivity index (χ1n) is 7.42. The Balaban J connectivity index is 1.82. The second-order valence-corrected chi connectivity index (χ2v) is 6.50. The van der Waals surface area contributed by atoms with Crippen LogP contribution >= 0.6 is 11.8 Å². The number of hydrogen-bond donors (Lipinski definition) is 2. The minimum absolute atomic E-state index is 0.0503. The van der Waals surface area contributed by atoms with Crippen LogP contribution in [0.25, 0.3) is 5.57 Å². The molecule has 2 heterocycles. The highest BCUT2D eigenvalue weighted by molar-refractivity contribution is 8.18. The van der Waals surface area contributed by atoms with Crippen LogP contribution in [0.3, 0.4) is 0 Å². The zero-order valence-electron chi connectivity index (χ0n) is 12.6. The summed E-state index contributed by atoms with van der Waals surface area (Å²) in [4.78, 5) is 27.1. The number of hydrogen-bond acceptors (Lipinski definition) is 4. The first-order valence-corrected chi connectivity index (χ1v) is 8.24. The second-order valence-electron chi connectivity index (χ2n) is 5.48. The number of nitrogens with one attached hydrogen (secondary N) is 2.